The molecule has 0 aliphatic rings. The van der Waals surface area contributed by atoms with Crippen LogP contribution in [-0.2, 0) is 17.6 Å². The second-order valence-electron chi connectivity index (χ2n) is 5.12. The number of rotatable bonds is 8. The Kier molecular flexibility index (Phi) is 6.46. The molecule has 0 radical (unpaired) electrons. The van der Waals surface area contributed by atoms with E-state index in [0.717, 1.165) is 29.8 Å². The first-order valence-corrected chi connectivity index (χ1v) is 8.38. The molecule has 1 aromatic heterocycles. The van der Waals surface area contributed by atoms with Gasteiger partial charge in [0.05, 0.1) is 7.11 Å². The topological polar surface area (TPSA) is 64.1 Å². The van der Waals surface area contributed by atoms with Gasteiger partial charge in [-0.3, -0.25) is 4.79 Å². The van der Waals surface area contributed by atoms with E-state index in [-0.39, 0.29) is 18.1 Å². The first-order chi connectivity index (χ1) is 11.1. The lowest BCUT2D eigenvalue weighted by Gasteiger charge is -2.05. The van der Waals surface area contributed by atoms with E-state index in [1.165, 1.54) is 24.5 Å². The molecule has 5 nitrogen and oxygen atoms in total. The number of aromatic nitrogens is 2. The summed E-state index contributed by atoms with van der Waals surface area (Å²) in [6.45, 7) is 2.12. The number of halogens is 1. The molecule has 1 amide bonds. The number of nitrogens with one attached hydrogen (secondary N) is 1. The van der Waals surface area contributed by atoms with E-state index in [2.05, 4.69) is 22.4 Å². The van der Waals surface area contributed by atoms with Crippen molar-refractivity contribution in [3.63, 3.8) is 0 Å². The van der Waals surface area contributed by atoms with E-state index in [9.17, 15) is 9.18 Å². The monoisotopic (exact) mass is 337 g/mol. The van der Waals surface area contributed by atoms with Crippen molar-refractivity contribution in [1.82, 2.24) is 10.2 Å². The van der Waals surface area contributed by atoms with Crippen molar-refractivity contribution >= 4 is 22.4 Å². The van der Waals surface area contributed by atoms with Crippen LogP contribution in [0, 0.1) is 5.82 Å². The summed E-state index contributed by atoms with van der Waals surface area (Å²) in [6, 6.07) is 4.70. The number of aryl methyl sites for hydroxylation is 2. The van der Waals surface area contributed by atoms with E-state index >= 15 is 0 Å². The van der Waals surface area contributed by atoms with Crippen LogP contribution in [0.15, 0.2) is 18.2 Å². The molecule has 1 N–H and O–H groups in total. The summed E-state index contributed by atoms with van der Waals surface area (Å²) >= 11 is 1.40. The van der Waals surface area contributed by atoms with Crippen LogP contribution in [0.25, 0.3) is 0 Å². The van der Waals surface area contributed by atoms with Crippen molar-refractivity contribution in [1.29, 1.82) is 0 Å². The maximum Gasteiger partial charge on any atom is 0.226 e. The van der Waals surface area contributed by atoms with Gasteiger partial charge >= 0.3 is 0 Å². The summed E-state index contributed by atoms with van der Waals surface area (Å²) in [7, 11) is 1.42. The van der Waals surface area contributed by atoms with Crippen LogP contribution in [-0.4, -0.2) is 23.2 Å². The van der Waals surface area contributed by atoms with Crippen molar-refractivity contribution in [3.05, 3.63) is 34.6 Å². The molecule has 2 aromatic rings. The highest BCUT2D eigenvalue weighted by Crippen LogP contribution is 2.20. The summed E-state index contributed by atoms with van der Waals surface area (Å²) in [5.41, 5.74) is 0.749. The fourth-order valence-electron chi connectivity index (χ4n) is 2.04. The van der Waals surface area contributed by atoms with Crippen LogP contribution in [0.4, 0.5) is 9.52 Å². The lowest BCUT2D eigenvalue weighted by atomic mass is 10.1. The number of carbonyl (C=O) groups is 1. The summed E-state index contributed by atoms with van der Waals surface area (Å²) < 4.78 is 18.5. The van der Waals surface area contributed by atoms with Gasteiger partial charge in [-0.1, -0.05) is 30.7 Å². The maximum absolute atomic E-state index is 13.6. The number of ether oxygens (including phenoxy) is 1. The zero-order valence-electron chi connectivity index (χ0n) is 13.3. The van der Waals surface area contributed by atoms with Crippen LogP contribution >= 0.6 is 11.3 Å². The molecule has 0 saturated heterocycles. The maximum atomic E-state index is 13.6. The second kappa shape index (κ2) is 8.57. The van der Waals surface area contributed by atoms with Gasteiger partial charge in [0.15, 0.2) is 11.6 Å². The number of nitrogens with zero attached hydrogens (tertiary/aromatic N) is 2. The zero-order valence-corrected chi connectivity index (χ0v) is 14.1. The zero-order chi connectivity index (χ0) is 16.7. The average molecular weight is 337 g/mol. The summed E-state index contributed by atoms with van der Waals surface area (Å²) in [6.07, 6.45) is 3.75. The first-order valence-electron chi connectivity index (χ1n) is 7.57. The molecule has 0 aliphatic carbocycles. The molecule has 1 aromatic carbocycles. The summed E-state index contributed by atoms with van der Waals surface area (Å²) in [4.78, 5) is 11.9. The lowest BCUT2D eigenvalue weighted by molar-refractivity contribution is -0.116. The molecule has 2 rings (SSSR count). The number of hydrogen-bond donors (Lipinski definition) is 1. The van der Waals surface area contributed by atoms with Crippen LogP contribution < -0.4 is 10.1 Å². The third kappa shape index (κ3) is 5.28. The number of amides is 1. The largest absolute Gasteiger partial charge is 0.494 e. The number of methoxy groups -OCH3 is 1. The summed E-state index contributed by atoms with van der Waals surface area (Å²) in [5, 5.41) is 12.2. The first kappa shape index (κ1) is 17.3. The van der Waals surface area contributed by atoms with Gasteiger partial charge in [0, 0.05) is 12.8 Å². The van der Waals surface area contributed by atoms with E-state index in [4.69, 9.17) is 4.74 Å². The third-order valence-corrected chi connectivity index (χ3v) is 4.21. The highest BCUT2D eigenvalue weighted by atomic mass is 32.1. The van der Waals surface area contributed by atoms with Gasteiger partial charge in [-0.25, -0.2) is 4.39 Å². The Labute approximate surface area is 138 Å². The fourth-order valence-corrected chi connectivity index (χ4v) is 2.84. The Balaban J connectivity index is 1.83. The Bertz CT molecular complexity index is 661. The highest BCUT2D eigenvalue weighted by molar-refractivity contribution is 7.15. The fraction of sp³-hybridized carbons (Fsp3) is 0.438. The lowest BCUT2D eigenvalue weighted by Crippen LogP contribution is -2.12. The van der Waals surface area contributed by atoms with Crippen molar-refractivity contribution in [2.75, 3.05) is 12.4 Å². The van der Waals surface area contributed by atoms with Gasteiger partial charge in [0.25, 0.3) is 0 Å². The number of benzene rings is 1. The van der Waals surface area contributed by atoms with Gasteiger partial charge in [0.1, 0.15) is 5.01 Å². The Morgan fingerprint density at radius 2 is 2.17 bits per heavy atom. The van der Waals surface area contributed by atoms with Gasteiger partial charge in [-0.2, -0.15) is 0 Å². The van der Waals surface area contributed by atoms with Gasteiger partial charge in [0.2, 0.25) is 11.0 Å². The summed E-state index contributed by atoms with van der Waals surface area (Å²) in [5.74, 6) is -0.374. The number of unbranched alkanes of at least 4 members (excludes halogenated alkanes) is 1. The molecule has 0 atom stereocenters. The Morgan fingerprint density at radius 3 is 2.87 bits per heavy atom. The molecule has 0 unspecified atom stereocenters. The molecular weight excluding hydrogens is 317 g/mol. The predicted octanol–water partition coefficient (Wildman–Crippen LogP) is 3.60. The normalized spacial score (nSPS) is 10.6. The van der Waals surface area contributed by atoms with E-state index < -0.39 is 5.82 Å². The molecule has 23 heavy (non-hydrogen) atoms. The van der Waals surface area contributed by atoms with Crippen LogP contribution in [0.3, 0.4) is 0 Å². The highest BCUT2D eigenvalue weighted by Gasteiger charge is 2.09. The molecule has 1 heterocycles. The molecule has 0 bridgehead atoms. The van der Waals surface area contributed by atoms with Gasteiger partial charge in [-0.15, -0.1) is 10.2 Å². The number of anilines is 1. The molecule has 0 spiro atoms. The molecule has 0 saturated carbocycles. The number of hydrogen-bond acceptors (Lipinski definition) is 5. The van der Waals surface area contributed by atoms with Crippen molar-refractivity contribution in [2.45, 2.75) is 39.0 Å². The van der Waals surface area contributed by atoms with E-state index in [1.54, 1.807) is 12.1 Å². The van der Waals surface area contributed by atoms with Crippen molar-refractivity contribution in [3.8, 4) is 5.75 Å². The average Bonchev–Trinajstić information content (AvgIpc) is 2.98. The standard InChI is InChI=1S/C16H20FN3O2S/c1-3-4-5-15-19-20-16(23-15)18-14(21)9-7-11-6-8-13(22-2)12(17)10-11/h6,8,10H,3-5,7,9H2,1-2H3,(H,18,20,21). The van der Waals surface area contributed by atoms with Crippen LogP contribution in [0.5, 0.6) is 5.75 Å². The molecular formula is C16H20FN3O2S. The van der Waals surface area contributed by atoms with Crippen molar-refractivity contribution in [2.24, 2.45) is 0 Å². The molecule has 124 valence electrons. The minimum Gasteiger partial charge on any atom is -0.494 e. The van der Waals surface area contributed by atoms with E-state index in [1.807, 2.05) is 0 Å². The number of carbonyl (C=O) groups excluding carboxylic acids is 1. The minimum absolute atomic E-state index is 0.153. The van der Waals surface area contributed by atoms with Gasteiger partial charge < -0.3 is 10.1 Å². The molecule has 0 aliphatic heterocycles. The Hall–Kier alpha value is -2.02. The smallest absolute Gasteiger partial charge is 0.226 e. The predicted molar refractivity (Wildman–Crippen MR) is 88.4 cm³/mol. The van der Waals surface area contributed by atoms with Crippen molar-refractivity contribution < 1.29 is 13.9 Å². The second-order valence-corrected chi connectivity index (χ2v) is 6.18. The third-order valence-electron chi connectivity index (χ3n) is 3.31. The van der Waals surface area contributed by atoms with Crippen LogP contribution in [0.2, 0.25) is 0 Å². The van der Waals surface area contributed by atoms with E-state index in [0.29, 0.717) is 11.6 Å². The minimum atomic E-state index is -0.421. The quantitative estimate of drug-likeness (QED) is 0.799. The Morgan fingerprint density at radius 1 is 1.35 bits per heavy atom. The molecule has 7 heteroatoms. The SMILES string of the molecule is CCCCc1nnc(NC(=O)CCc2ccc(OC)c(F)c2)s1. The van der Waals surface area contributed by atoms with Crippen LogP contribution in [0.1, 0.15) is 36.8 Å². The van der Waals surface area contributed by atoms with Gasteiger partial charge in [-0.05, 0) is 30.5 Å². The molecule has 0 fully saturated rings.